The number of rotatable bonds is 7. The van der Waals surface area contributed by atoms with Gasteiger partial charge in [0.1, 0.15) is 0 Å². The molecule has 0 spiro atoms. The molecule has 0 radical (unpaired) electrons. The second kappa shape index (κ2) is 7.71. The molecule has 1 heterocycles. The molecule has 1 aliphatic heterocycles. The number of nitrogens with zero attached hydrogens (tertiary/aromatic N) is 1. The van der Waals surface area contributed by atoms with Crippen LogP contribution in [0.15, 0.2) is 0 Å². The van der Waals surface area contributed by atoms with Crippen molar-refractivity contribution in [2.45, 2.75) is 31.9 Å². The third-order valence-electron chi connectivity index (χ3n) is 3.74. The highest BCUT2D eigenvalue weighted by Gasteiger charge is 2.35. The first kappa shape index (κ1) is 15.4. The number of carbonyl (C=O) groups excluding carboxylic acids is 1. The van der Waals surface area contributed by atoms with Crippen molar-refractivity contribution in [3.63, 3.8) is 0 Å². The molecule has 3 atom stereocenters. The maximum absolute atomic E-state index is 12.0. The standard InChI is InChI=1S/C13H26N2O3/c1-10(13(16)14-7-9-17-3)12(18-4)11-6-5-8-15(11)2/h10-12H,5-9H2,1-4H3,(H,14,16). The maximum Gasteiger partial charge on any atom is 0.225 e. The Morgan fingerprint density at radius 3 is 2.72 bits per heavy atom. The molecule has 106 valence electrons. The Kier molecular flexibility index (Phi) is 6.60. The number of methoxy groups -OCH3 is 2. The molecule has 18 heavy (non-hydrogen) atoms. The van der Waals surface area contributed by atoms with Crippen LogP contribution in [-0.2, 0) is 14.3 Å². The summed E-state index contributed by atoms with van der Waals surface area (Å²) in [7, 11) is 5.41. The Hall–Kier alpha value is -0.650. The summed E-state index contributed by atoms with van der Waals surface area (Å²) in [6.07, 6.45) is 2.24. The summed E-state index contributed by atoms with van der Waals surface area (Å²) in [5.74, 6) is -0.100. The summed E-state index contributed by atoms with van der Waals surface area (Å²) in [4.78, 5) is 14.3. The molecular weight excluding hydrogens is 232 g/mol. The molecule has 0 aromatic carbocycles. The quantitative estimate of drug-likeness (QED) is 0.675. The summed E-state index contributed by atoms with van der Waals surface area (Å²) in [5, 5.41) is 2.87. The molecule has 0 aromatic rings. The van der Waals surface area contributed by atoms with Crippen LogP contribution >= 0.6 is 0 Å². The molecule has 1 fully saturated rings. The van der Waals surface area contributed by atoms with Crippen LogP contribution < -0.4 is 5.32 Å². The SMILES string of the molecule is COCCNC(=O)C(C)C(OC)C1CCCN1C. The Bertz CT molecular complexity index is 261. The van der Waals surface area contributed by atoms with Gasteiger partial charge in [0.05, 0.1) is 18.6 Å². The van der Waals surface area contributed by atoms with Crippen molar-refractivity contribution < 1.29 is 14.3 Å². The average molecular weight is 258 g/mol. The molecule has 1 saturated heterocycles. The van der Waals surface area contributed by atoms with Crippen molar-refractivity contribution in [3.05, 3.63) is 0 Å². The zero-order chi connectivity index (χ0) is 13.5. The molecule has 1 N–H and O–H groups in total. The molecular formula is C13H26N2O3. The van der Waals surface area contributed by atoms with E-state index in [0.717, 1.165) is 13.0 Å². The number of ether oxygens (including phenoxy) is 2. The summed E-state index contributed by atoms with van der Waals surface area (Å²) in [6, 6.07) is 0.346. The Labute approximate surface area is 110 Å². The van der Waals surface area contributed by atoms with Crippen LogP contribution in [0.2, 0.25) is 0 Å². The van der Waals surface area contributed by atoms with E-state index in [1.54, 1.807) is 14.2 Å². The van der Waals surface area contributed by atoms with Crippen molar-refractivity contribution in [1.82, 2.24) is 10.2 Å². The smallest absolute Gasteiger partial charge is 0.225 e. The van der Waals surface area contributed by atoms with Gasteiger partial charge in [0.25, 0.3) is 0 Å². The van der Waals surface area contributed by atoms with Crippen molar-refractivity contribution in [3.8, 4) is 0 Å². The van der Waals surface area contributed by atoms with Gasteiger partial charge in [0, 0.05) is 26.8 Å². The topological polar surface area (TPSA) is 50.8 Å². The molecule has 1 rings (SSSR count). The second-order valence-corrected chi connectivity index (χ2v) is 4.96. The molecule has 1 amide bonds. The summed E-state index contributed by atoms with van der Waals surface area (Å²) in [6.45, 7) is 4.11. The van der Waals surface area contributed by atoms with E-state index < -0.39 is 0 Å². The fourth-order valence-corrected chi connectivity index (χ4v) is 2.63. The molecule has 0 saturated carbocycles. The molecule has 0 aliphatic carbocycles. The predicted molar refractivity (Wildman–Crippen MR) is 70.5 cm³/mol. The average Bonchev–Trinajstić information content (AvgIpc) is 2.77. The zero-order valence-electron chi connectivity index (χ0n) is 11.9. The normalized spacial score (nSPS) is 23.9. The minimum atomic E-state index is -0.141. The van der Waals surface area contributed by atoms with Gasteiger partial charge in [0.2, 0.25) is 5.91 Å². The molecule has 1 aliphatic rings. The highest BCUT2D eigenvalue weighted by molar-refractivity contribution is 5.78. The number of hydrogen-bond donors (Lipinski definition) is 1. The first-order valence-electron chi connectivity index (χ1n) is 6.61. The first-order chi connectivity index (χ1) is 8.61. The number of nitrogens with one attached hydrogen (secondary N) is 1. The second-order valence-electron chi connectivity index (χ2n) is 4.96. The maximum atomic E-state index is 12.0. The lowest BCUT2D eigenvalue weighted by Crippen LogP contribution is -2.47. The van der Waals surface area contributed by atoms with Crippen LogP contribution in [0.5, 0.6) is 0 Å². The van der Waals surface area contributed by atoms with Gasteiger partial charge in [-0.2, -0.15) is 0 Å². The highest BCUT2D eigenvalue weighted by Crippen LogP contribution is 2.24. The number of likely N-dealkylation sites (tertiary alicyclic amines) is 1. The van der Waals surface area contributed by atoms with Gasteiger partial charge >= 0.3 is 0 Å². The van der Waals surface area contributed by atoms with Crippen LogP contribution in [0.3, 0.4) is 0 Å². The fourth-order valence-electron chi connectivity index (χ4n) is 2.63. The van der Waals surface area contributed by atoms with Crippen LogP contribution in [0.1, 0.15) is 19.8 Å². The van der Waals surface area contributed by atoms with E-state index in [1.807, 2.05) is 6.92 Å². The Morgan fingerprint density at radius 1 is 1.50 bits per heavy atom. The zero-order valence-corrected chi connectivity index (χ0v) is 11.9. The van der Waals surface area contributed by atoms with Crippen molar-refractivity contribution in [2.24, 2.45) is 5.92 Å². The van der Waals surface area contributed by atoms with Gasteiger partial charge in [-0.3, -0.25) is 4.79 Å². The van der Waals surface area contributed by atoms with Crippen LogP contribution in [0, 0.1) is 5.92 Å². The molecule has 5 heteroatoms. The van der Waals surface area contributed by atoms with Gasteiger partial charge in [-0.25, -0.2) is 0 Å². The van der Waals surface area contributed by atoms with Crippen LogP contribution in [0.25, 0.3) is 0 Å². The highest BCUT2D eigenvalue weighted by atomic mass is 16.5. The summed E-state index contributed by atoms with van der Waals surface area (Å²) < 4.78 is 10.5. The van der Waals surface area contributed by atoms with Crippen molar-refractivity contribution in [2.75, 3.05) is 41.0 Å². The van der Waals surface area contributed by atoms with E-state index in [0.29, 0.717) is 19.2 Å². The van der Waals surface area contributed by atoms with Crippen molar-refractivity contribution >= 4 is 5.91 Å². The van der Waals surface area contributed by atoms with E-state index >= 15 is 0 Å². The largest absolute Gasteiger partial charge is 0.383 e. The van der Waals surface area contributed by atoms with Crippen LogP contribution in [-0.4, -0.2) is 63.9 Å². The summed E-state index contributed by atoms with van der Waals surface area (Å²) in [5.41, 5.74) is 0. The minimum absolute atomic E-state index is 0.0409. The molecule has 3 unspecified atom stereocenters. The van der Waals surface area contributed by atoms with Crippen LogP contribution in [0.4, 0.5) is 0 Å². The molecule has 0 bridgehead atoms. The monoisotopic (exact) mass is 258 g/mol. The third-order valence-corrected chi connectivity index (χ3v) is 3.74. The Morgan fingerprint density at radius 2 is 2.22 bits per heavy atom. The third kappa shape index (κ3) is 3.93. The van der Waals surface area contributed by atoms with Gasteiger partial charge in [0.15, 0.2) is 0 Å². The number of hydrogen-bond acceptors (Lipinski definition) is 4. The van der Waals surface area contributed by atoms with E-state index in [2.05, 4.69) is 17.3 Å². The molecule has 5 nitrogen and oxygen atoms in total. The van der Waals surface area contributed by atoms with E-state index in [-0.39, 0.29) is 17.9 Å². The lowest BCUT2D eigenvalue weighted by atomic mass is 9.95. The predicted octanol–water partition coefficient (Wildman–Crippen LogP) is 0.494. The van der Waals surface area contributed by atoms with Gasteiger partial charge < -0.3 is 19.7 Å². The summed E-state index contributed by atoms with van der Waals surface area (Å²) >= 11 is 0. The fraction of sp³-hybridized carbons (Fsp3) is 0.923. The van der Waals surface area contributed by atoms with E-state index in [4.69, 9.17) is 9.47 Å². The van der Waals surface area contributed by atoms with Crippen molar-refractivity contribution in [1.29, 1.82) is 0 Å². The van der Waals surface area contributed by atoms with Gasteiger partial charge in [-0.1, -0.05) is 6.92 Å². The lowest BCUT2D eigenvalue weighted by molar-refractivity contribution is -0.130. The van der Waals surface area contributed by atoms with Gasteiger partial charge in [-0.15, -0.1) is 0 Å². The minimum Gasteiger partial charge on any atom is -0.383 e. The number of carbonyl (C=O) groups is 1. The van der Waals surface area contributed by atoms with E-state index in [9.17, 15) is 4.79 Å². The molecule has 0 aromatic heterocycles. The Balaban J connectivity index is 2.50. The van der Waals surface area contributed by atoms with Gasteiger partial charge in [-0.05, 0) is 26.4 Å². The number of likely N-dealkylation sites (N-methyl/N-ethyl adjacent to an activating group) is 1. The number of amides is 1. The lowest BCUT2D eigenvalue weighted by Gasteiger charge is -2.31. The first-order valence-corrected chi connectivity index (χ1v) is 6.61. The van der Waals surface area contributed by atoms with E-state index in [1.165, 1.54) is 6.42 Å².